The van der Waals surface area contributed by atoms with Gasteiger partial charge in [0.15, 0.2) is 21.4 Å². The second-order valence-corrected chi connectivity index (χ2v) is 7.91. The highest BCUT2D eigenvalue weighted by Crippen LogP contribution is 2.42. The highest BCUT2D eigenvalue weighted by Gasteiger charge is 2.34. The molecule has 0 spiro atoms. The number of rotatable bonds is 8. The number of benzene rings is 1. The van der Waals surface area contributed by atoms with Gasteiger partial charge in [0.2, 0.25) is 0 Å². The van der Waals surface area contributed by atoms with E-state index in [4.69, 9.17) is 14.0 Å². The molecule has 25 heavy (non-hydrogen) atoms. The van der Waals surface area contributed by atoms with Crippen molar-refractivity contribution in [2.75, 3.05) is 26.6 Å². The van der Waals surface area contributed by atoms with Crippen molar-refractivity contribution in [3.05, 3.63) is 41.3 Å². The molecule has 2 aromatic rings. The summed E-state index contributed by atoms with van der Waals surface area (Å²) in [6, 6.07) is 4.60. The minimum absolute atomic E-state index is 0.0579. The molecule has 0 saturated heterocycles. The van der Waals surface area contributed by atoms with Gasteiger partial charge in [-0.05, 0) is 25.0 Å². The number of hydrogen-bond acceptors (Lipinski definition) is 7. The van der Waals surface area contributed by atoms with Gasteiger partial charge in [0.1, 0.15) is 17.3 Å². The zero-order chi connectivity index (χ0) is 18.0. The fourth-order valence-corrected chi connectivity index (χ4v) is 3.68. The summed E-state index contributed by atoms with van der Waals surface area (Å²) in [5.74, 6) is 0.412. The quantitative estimate of drug-likeness (QED) is 0.523. The third-order valence-electron chi connectivity index (χ3n) is 3.93. The van der Waals surface area contributed by atoms with Crippen molar-refractivity contribution in [2.45, 2.75) is 23.7 Å². The molecule has 1 saturated carbocycles. The summed E-state index contributed by atoms with van der Waals surface area (Å²) in [7, 11) is -2.17. The van der Waals surface area contributed by atoms with Crippen LogP contribution in [0.1, 0.15) is 40.4 Å². The van der Waals surface area contributed by atoms with Crippen LogP contribution in [-0.4, -0.2) is 45.9 Å². The Labute approximate surface area is 145 Å². The third kappa shape index (κ3) is 3.74. The summed E-state index contributed by atoms with van der Waals surface area (Å²) < 4.78 is 40.2. The first kappa shape index (κ1) is 17.6. The van der Waals surface area contributed by atoms with E-state index in [-0.39, 0.29) is 28.7 Å². The van der Waals surface area contributed by atoms with Gasteiger partial charge in [0.25, 0.3) is 0 Å². The fourth-order valence-electron chi connectivity index (χ4n) is 2.63. The van der Waals surface area contributed by atoms with Crippen LogP contribution in [0.25, 0.3) is 0 Å². The van der Waals surface area contributed by atoms with Crippen LogP contribution in [0.15, 0.2) is 33.8 Å². The first-order chi connectivity index (χ1) is 11.9. The Kier molecular flexibility index (Phi) is 4.91. The zero-order valence-electron chi connectivity index (χ0n) is 14.0. The molecule has 134 valence electrons. The van der Waals surface area contributed by atoms with Crippen LogP contribution in [0.5, 0.6) is 5.75 Å². The van der Waals surface area contributed by atoms with E-state index in [0.717, 1.165) is 19.1 Å². The van der Waals surface area contributed by atoms with E-state index in [2.05, 4.69) is 5.16 Å². The molecule has 0 N–H and O–H groups in total. The van der Waals surface area contributed by atoms with Crippen LogP contribution in [0.3, 0.4) is 0 Å². The van der Waals surface area contributed by atoms with Crippen LogP contribution >= 0.6 is 0 Å². The van der Waals surface area contributed by atoms with Gasteiger partial charge in [0.05, 0.1) is 18.4 Å². The van der Waals surface area contributed by atoms with Crippen molar-refractivity contribution in [1.29, 1.82) is 0 Å². The van der Waals surface area contributed by atoms with E-state index in [1.54, 1.807) is 6.07 Å². The lowest BCUT2D eigenvalue weighted by atomic mass is 10.0. The van der Waals surface area contributed by atoms with Crippen LogP contribution in [0.2, 0.25) is 0 Å². The van der Waals surface area contributed by atoms with Gasteiger partial charge in [-0.2, -0.15) is 0 Å². The van der Waals surface area contributed by atoms with Gasteiger partial charge in [-0.25, -0.2) is 8.42 Å². The maximum Gasteiger partial charge on any atom is 0.199 e. The number of ketones is 1. The van der Waals surface area contributed by atoms with Crippen LogP contribution in [-0.2, 0) is 14.6 Å². The summed E-state index contributed by atoms with van der Waals surface area (Å²) in [4.78, 5) is 12.8. The Morgan fingerprint density at radius 1 is 1.28 bits per heavy atom. The van der Waals surface area contributed by atoms with Crippen molar-refractivity contribution >= 4 is 15.6 Å². The molecule has 8 heteroatoms. The molecule has 3 rings (SSSR count). The molecular formula is C17H19NO6S. The molecule has 0 amide bonds. The highest BCUT2D eigenvalue weighted by molar-refractivity contribution is 7.90. The molecule has 1 heterocycles. The summed E-state index contributed by atoms with van der Waals surface area (Å²) in [6.45, 7) is 0.482. The standard InChI is InChI=1S/C17H19NO6S/c1-22-8-9-23-14-5-3-4-12(17(14)25(2,20)21)15(19)13-10-18-24-16(13)11-6-7-11/h3-5,10-11H,6-9H2,1-2H3. The molecule has 0 aliphatic heterocycles. The minimum Gasteiger partial charge on any atom is -0.490 e. The van der Waals surface area contributed by atoms with Gasteiger partial charge in [0, 0.05) is 24.8 Å². The van der Waals surface area contributed by atoms with E-state index < -0.39 is 15.6 Å². The SMILES string of the molecule is COCCOc1cccc(C(=O)c2cnoc2C2CC2)c1S(C)(=O)=O. The fraction of sp³-hybridized carbons (Fsp3) is 0.412. The average Bonchev–Trinajstić information content (AvgIpc) is 3.30. The summed E-state index contributed by atoms with van der Waals surface area (Å²) >= 11 is 0. The van der Waals surface area contributed by atoms with Crippen molar-refractivity contribution in [2.24, 2.45) is 0 Å². The van der Waals surface area contributed by atoms with Crippen LogP contribution in [0, 0.1) is 0 Å². The highest BCUT2D eigenvalue weighted by atomic mass is 32.2. The van der Waals surface area contributed by atoms with E-state index >= 15 is 0 Å². The predicted octanol–water partition coefficient (Wildman–Crippen LogP) is 2.21. The maximum absolute atomic E-state index is 13.0. The Balaban J connectivity index is 2.04. The lowest BCUT2D eigenvalue weighted by Gasteiger charge is -2.13. The number of nitrogens with zero attached hydrogens (tertiary/aromatic N) is 1. The second-order valence-electron chi connectivity index (χ2n) is 5.95. The Hall–Kier alpha value is -2.19. The Morgan fingerprint density at radius 2 is 2.04 bits per heavy atom. The molecule has 1 fully saturated rings. The number of sulfone groups is 1. The maximum atomic E-state index is 13.0. The molecule has 1 aromatic heterocycles. The summed E-state index contributed by atoms with van der Waals surface area (Å²) in [6.07, 6.45) is 4.28. The number of aromatic nitrogens is 1. The van der Waals surface area contributed by atoms with Gasteiger partial charge < -0.3 is 14.0 Å². The largest absolute Gasteiger partial charge is 0.490 e. The smallest absolute Gasteiger partial charge is 0.199 e. The predicted molar refractivity (Wildman–Crippen MR) is 88.8 cm³/mol. The van der Waals surface area contributed by atoms with Crippen molar-refractivity contribution in [3.63, 3.8) is 0 Å². The van der Waals surface area contributed by atoms with Gasteiger partial charge in [-0.1, -0.05) is 11.2 Å². The van der Waals surface area contributed by atoms with Crippen LogP contribution in [0.4, 0.5) is 0 Å². The second kappa shape index (κ2) is 6.97. The van der Waals surface area contributed by atoms with Crippen LogP contribution < -0.4 is 4.74 Å². The normalized spacial score (nSPS) is 14.5. The van der Waals surface area contributed by atoms with Gasteiger partial charge >= 0.3 is 0 Å². The summed E-state index contributed by atoms with van der Waals surface area (Å²) in [5, 5.41) is 3.71. The van der Waals surface area contributed by atoms with E-state index in [1.807, 2.05) is 0 Å². The number of methoxy groups -OCH3 is 1. The molecule has 1 aliphatic carbocycles. The monoisotopic (exact) mass is 365 g/mol. The third-order valence-corrected chi connectivity index (χ3v) is 5.09. The molecule has 0 radical (unpaired) electrons. The molecule has 0 bridgehead atoms. The number of hydrogen-bond donors (Lipinski definition) is 0. The number of carbonyl (C=O) groups excluding carboxylic acids is 1. The van der Waals surface area contributed by atoms with Crippen molar-refractivity contribution in [3.8, 4) is 5.75 Å². The molecule has 0 unspecified atom stereocenters. The lowest BCUT2D eigenvalue weighted by Crippen LogP contribution is -2.13. The van der Waals surface area contributed by atoms with Crippen molar-refractivity contribution in [1.82, 2.24) is 5.16 Å². The number of ether oxygens (including phenoxy) is 2. The topological polar surface area (TPSA) is 95.7 Å². The van der Waals surface area contributed by atoms with Gasteiger partial charge in [-0.3, -0.25) is 4.79 Å². The number of carbonyl (C=O) groups is 1. The Bertz CT molecular complexity index is 882. The molecule has 1 aliphatic rings. The molecular weight excluding hydrogens is 346 g/mol. The first-order valence-electron chi connectivity index (χ1n) is 7.87. The lowest BCUT2D eigenvalue weighted by molar-refractivity contribution is 0.103. The van der Waals surface area contributed by atoms with Crippen molar-refractivity contribution < 1.29 is 27.2 Å². The van der Waals surface area contributed by atoms with E-state index in [1.165, 1.54) is 25.4 Å². The van der Waals surface area contributed by atoms with Gasteiger partial charge in [-0.15, -0.1) is 0 Å². The minimum atomic E-state index is -3.69. The molecule has 1 aromatic carbocycles. The molecule has 7 nitrogen and oxygen atoms in total. The summed E-state index contributed by atoms with van der Waals surface area (Å²) in [5.41, 5.74) is 0.365. The van der Waals surface area contributed by atoms with E-state index in [0.29, 0.717) is 17.9 Å². The Morgan fingerprint density at radius 3 is 2.68 bits per heavy atom. The van der Waals surface area contributed by atoms with E-state index in [9.17, 15) is 13.2 Å². The first-order valence-corrected chi connectivity index (χ1v) is 9.76. The molecule has 0 atom stereocenters. The average molecular weight is 365 g/mol. The zero-order valence-corrected chi connectivity index (χ0v) is 14.8.